The van der Waals surface area contributed by atoms with Crippen molar-refractivity contribution in [2.75, 3.05) is 7.11 Å². The topological polar surface area (TPSA) is 119 Å². The molecule has 8 nitrogen and oxygen atoms in total. The van der Waals surface area contributed by atoms with Gasteiger partial charge in [-0.25, -0.2) is 4.79 Å². The van der Waals surface area contributed by atoms with E-state index in [1.54, 1.807) is 6.26 Å². The van der Waals surface area contributed by atoms with Crippen LogP contribution in [0.4, 0.5) is 0 Å². The number of fused-ring (bicyclic) bond motifs is 5. The van der Waals surface area contributed by atoms with Gasteiger partial charge in [-0.05, 0) is 93.1 Å². The molecular weight excluding hydrogens is 500 g/mol. The Bertz CT molecular complexity index is 1140. The summed E-state index contributed by atoms with van der Waals surface area (Å²) >= 11 is 0. The molecule has 9 unspecified atom stereocenters. The van der Waals surface area contributed by atoms with Crippen LogP contribution in [-0.2, 0) is 14.2 Å². The number of rotatable bonds is 4. The lowest BCUT2D eigenvalue weighted by molar-refractivity contribution is -0.304. The third kappa shape index (κ3) is 4.12. The maximum absolute atomic E-state index is 12.4. The van der Waals surface area contributed by atoms with E-state index in [0.717, 1.165) is 56.9 Å². The maximum atomic E-state index is 12.4. The molecule has 4 fully saturated rings. The van der Waals surface area contributed by atoms with E-state index in [-0.39, 0.29) is 34.4 Å². The minimum atomic E-state index is -1.17. The number of aliphatic hydroxyl groups excluding tert-OH is 2. The quantitative estimate of drug-likeness (QED) is 0.492. The minimum absolute atomic E-state index is 0.00253. The zero-order chi connectivity index (χ0) is 27.7. The van der Waals surface area contributed by atoms with Crippen LogP contribution in [-0.4, -0.2) is 64.8 Å². The minimum Gasteiger partial charge on any atom is -0.431 e. The summed E-state index contributed by atoms with van der Waals surface area (Å²) in [4.78, 5) is 11.6. The SMILES string of the molecule is COC1C(C)OC(OC2C=C3CCC4C(CC[C@]5(C)C(c6ccc(=O)oc6)CC[C@]45O)[C@@]3(C)CC2)C(O)C1O. The van der Waals surface area contributed by atoms with Crippen molar-refractivity contribution >= 4 is 0 Å². The number of aliphatic hydroxyl groups is 3. The predicted octanol–water partition coefficient (Wildman–Crippen LogP) is 3.67. The van der Waals surface area contributed by atoms with Crippen molar-refractivity contribution in [2.24, 2.45) is 22.7 Å². The molecule has 1 saturated heterocycles. The molecule has 8 heteroatoms. The molecule has 0 radical (unpaired) electrons. The van der Waals surface area contributed by atoms with Gasteiger partial charge >= 0.3 is 5.63 Å². The second kappa shape index (κ2) is 9.78. The fourth-order valence-corrected chi connectivity index (χ4v) is 9.49. The van der Waals surface area contributed by atoms with Crippen molar-refractivity contribution in [1.82, 2.24) is 0 Å². The lowest BCUT2D eigenvalue weighted by Crippen LogP contribution is -2.60. The van der Waals surface area contributed by atoms with Crippen molar-refractivity contribution in [1.29, 1.82) is 0 Å². The second-order valence-electron chi connectivity index (χ2n) is 13.3. The normalized spacial score (nSPS) is 49.5. The molecule has 3 N–H and O–H groups in total. The van der Waals surface area contributed by atoms with E-state index in [1.807, 2.05) is 13.0 Å². The van der Waals surface area contributed by atoms with Gasteiger partial charge in [0.05, 0.1) is 24.1 Å². The van der Waals surface area contributed by atoms with E-state index in [0.29, 0.717) is 5.92 Å². The molecule has 1 aromatic heterocycles. The number of hydrogen-bond donors (Lipinski definition) is 3. The highest BCUT2D eigenvalue weighted by molar-refractivity contribution is 5.31. The Hall–Kier alpha value is -1.55. The van der Waals surface area contributed by atoms with Crippen LogP contribution in [0.1, 0.15) is 83.6 Å². The third-order valence-electron chi connectivity index (χ3n) is 11.7. The molecule has 6 rings (SSSR count). The van der Waals surface area contributed by atoms with Gasteiger partial charge in [0.25, 0.3) is 0 Å². The van der Waals surface area contributed by atoms with Gasteiger partial charge in [0.15, 0.2) is 6.29 Å². The molecule has 0 amide bonds. The molecule has 1 aromatic rings. The Kier molecular flexibility index (Phi) is 6.92. The van der Waals surface area contributed by atoms with E-state index >= 15 is 0 Å². The molecule has 0 spiro atoms. The summed E-state index contributed by atoms with van der Waals surface area (Å²) < 4.78 is 22.7. The van der Waals surface area contributed by atoms with Crippen LogP contribution in [0.3, 0.4) is 0 Å². The van der Waals surface area contributed by atoms with Crippen molar-refractivity contribution in [3.05, 3.63) is 46.0 Å². The number of hydrogen-bond acceptors (Lipinski definition) is 8. The van der Waals surface area contributed by atoms with Gasteiger partial charge in [-0.15, -0.1) is 0 Å². The lowest BCUT2D eigenvalue weighted by Gasteiger charge is -2.62. The highest BCUT2D eigenvalue weighted by Gasteiger charge is 2.66. The number of ether oxygens (including phenoxy) is 3. The first-order valence-corrected chi connectivity index (χ1v) is 14.7. The van der Waals surface area contributed by atoms with Gasteiger partial charge in [-0.1, -0.05) is 25.5 Å². The molecule has 12 atom stereocenters. The van der Waals surface area contributed by atoms with E-state index in [4.69, 9.17) is 18.6 Å². The molecule has 4 aliphatic carbocycles. The fraction of sp³-hybridized carbons (Fsp3) is 0.774. The van der Waals surface area contributed by atoms with Crippen LogP contribution in [0.2, 0.25) is 0 Å². The Labute approximate surface area is 230 Å². The molecule has 0 aromatic carbocycles. The van der Waals surface area contributed by atoms with Gasteiger partial charge < -0.3 is 33.9 Å². The van der Waals surface area contributed by atoms with Gasteiger partial charge in [0.1, 0.15) is 18.3 Å². The summed E-state index contributed by atoms with van der Waals surface area (Å²) in [5.41, 5.74) is 1.07. The second-order valence-corrected chi connectivity index (χ2v) is 13.3. The lowest BCUT2D eigenvalue weighted by atomic mass is 9.45. The van der Waals surface area contributed by atoms with Gasteiger partial charge in [-0.2, -0.15) is 0 Å². The van der Waals surface area contributed by atoms with Crippen LogP contribution < -0.4 is 5.63 Å². The largest absolute Gasteiger partial charge is 0.431 e. The first-order chi connectivity index (χ1) is 18.5. The van der Waals surface area contributed by atoms with E-state index in [2.05, 4.69) is 19.9 Å². The molecule has 39 heavy (non-hydrogen) atoms. The summed E-state index contributed by atoms with van der Waals surface area (Å²) in [5, 5.41) is 33.6. The van der Waals surface area contributed by atoms with Crippen LogP contribution in [0.25, 0.3) is 0 Å². The first-order valence-electron chi connectivity index (χ1n) is 14.7. The highest BCUT2D eigenvalue weighted by Crippen LogP contribution is 2.70. The zero-order valence-electron chi connectivity index (χ0n) is 23.5. The van der Waals surface area contributed by atoms with Crippen LogP contribution in [0, 0.1) is 22.7 Å². The molecule has 5 aliphatic rings. The number of methoxy groups -OCH3 is 1. The van der Waals surface area contributed by atoms with Crippen molar-refractivity contribution in [2.45, 2.75) is 120 Å². The number of allylic oxidation sites excluding steroid dienone is 1. The van der Waals surface area contributed by atoms with Gasteiger partial charge in [0, 0.05) is 18.6 Å². The van der Waals surface area contributed by atoms with Gasteiger partial charge in [-0.3, -0.25) is 0 Å². The molecule has 3 saturated carbocycles. The Morgan fingerprint density at radius 3 is 2.51 bits per heavy atom. The third-order valence-corrected chi connectivity index (χ3v) is 11.7. The highest BCUT2D eigenvalue weighted by atomic mass is 16.7. The van der Waals surface area contributed by atoms with E-state index in [9.17, 15) is 20.1 Å². The van der Waals surface area contributed by atoms with Crippen molar-refractivity contribution in [3.63, 3.8) is 0 Å². The average Bonchev–Trinajstić information content (AvgIpc) is 3.19. The van der Waals surface area contributed by atoms with Crippen LogP contribution in [0.5, 0.6) is 0 Å². The van der Waals surface area contributed by atoms with Gasteiger partial charge in [0.2, 0.25) is 0 Å². The predicted molar refractivity (Wildman–Crippen MR) is 143 cm³/mol. The Balaban J connectivity index is 1.20. The van der Waals surface area contributed by atoms with Crippen molar-refractivity contribution in [3.8, 4) is 0 Å². The molecular formula is C31H44O8. The van der Waals surface area contributed by atoms with E-state index < -0.39 is 36.3 Å². The van der Waals surface area contributed by atoms with E-state index in [1.165, 1.54) is 18.7 Å². The summed E-state index contributed by atoms with van der Waals surface area (Å²) in [5.74, 6) is 0.797. The summed E-state index contributed by atoms with van der Waals surface area (Å²) in [6.07, 6.45) is 6.78. The Morgan fingerprint density at radius 1 is 1.00 bits per heavy atom. The van der Waals surface area contributed by atoms with Crippen LogP contribution >= 0.6 is 0 Å². The summed E-state index contributed by atoms with van der Waals surface area (Å²) in [7, 11) is 1.50. The molecule has 1 aliphatic heterocycles. The van der Waals surface area contributed by atoms with Crippen LogP contribution in [0.15, 0.2) is 39.3 Å². The Morgan fingerprint density at radius 2 is 1.79 bits per heavy atom. The fourth-order valence-electron chi connectivity index (χ4n) is 9.49. The average molecular weight is 545 g/mol. The molecule has 216 valence electrons. The maximum Gasteiger partial charge on any atom is 0.335 e. The summed E-state index contributed by atoms with van der Waals surface area (Å²) in [6, 6.07) is 3.38. The summed E-state index contributed by atoms with van der Waals surface area (Å²) in [6.45, 7) is 6.45. The standard InChI is InChI=1S/C31H44O8/c1-17-27(36-4)25(33)26(34)28(38-17)39-20-9-12-29(2)19(15-20)6-7-23-22(29)10-13-30(3)21(11-14-31(23,30)35)18-5-8-24(32)37-16-18/h5,8,15-17,20-23,25-28,33-35H,6-7,9-14H2,1-4H3/t17?,20?,21?,22?,23?,25?,26?,27?,28?,29-,30+,31-/m0/s1. The molecule has 2 heterocycles. The van der Waals surface area contributed by atoms with Crippen molar-refractivity contribution < 1.29 is 33.9 Å². The smallest absolute Gasteiger partial charge is 0.335 e. The molecule has 0 bridgehead atoms. The zero-order valence-corrected chi connectivity index (χ0v) is 23.5. The first kappa shape index (κ1) is 27.6. The monoisotopic (exact) mass is 544 g/mol.